The zero-order valence-electron chi connectivity index (χ0n) is 23.2. The van der Waals surface area contributed by atoms with E-state index in [1.807, 2.05) is 0 Å². The van der Waals surface area contributed by atoms with Crippen molar-refractivity contribution in [3.8, 4) is 5.75 Å². The number of aliphatic hydroxyl groups is 1. The molecular weight excluding hydrogens is 580 g/mol. The predicted molar refractivity (Wildman–Crippen MR) is 145 cm³/mol. The maximum Gasteiger partial charge on any atom is 0.430 e. The Morgan fingerprint density at radius 2 is 1.58 bits per heavy atom. The van der Waals surface area contributed by atoms with Crippen molar-refractivity contribution in [2.75, 3.05) is 25.2 Å². The highest BCUT2D eigenvalue weighted by atomic mass is 19.4. The number of amides is 1. The summed E-state index contributed by atoms with van der Waals surface area (Å²) in [6, 6.07) is 17.1. The number of ketones is 1. The third kappa shape index (κ3) is 6.54. The van der Waals surface area contributed by atoms with Gasteiger partial charge in [0.2, 0.25) is 5.91 Å². The first-order valence-electron chi connectivity index (χ1n) is 13.3. The molecule has 0 saturated heterocycles. The molecule has 1 N–H and O–H groups in total. The van der Waals surface area contributed by atoms with Crippen LogP contribution in [-0.4, -0.2) is 55.5 Å². The molecule has 12 heteroatoms. The minimum atomic E-state index is -6.05. The second-order valence-corrected chi connectivity index (χ2v) is 10.3. The number of alkyl halides is 6. The molecule has 3 aromatic carbocycles. The molecule has 1 heterocycles. The second kappa shape index (κ2) is 12.4. The summed E-state index contributed by atoms with van der Waals surface area (Å²) < 4.78 is 92.8. The van der Waals surface area contributed by atoms with Gasteiger partial charge in [-0.25, -0.2) is 0 Å². The molecule has 0 spiro atoms. The van der Waals surface area contributed by atoms with Gasteiger partial charge in [-0.05, 0) is 61.2 Å². The van der Waals surface area contributed by atoms with E-state index < -0.39 is 41.4 Å². The van der Waals surface area contributed by atoms with Crippen molar-refractivity contribution in [3.05, 3.63) is 95.1 Å². The Bertz CT molecular complexity index is 1430. The molecule has 0 aromatic heterocycles. The van der Waals surface area contributed by atoms with Crippen LogP contribution in [0.15, 0.2) is 72.8 Å². The number of nitrogens with zero attached hydrogens (tertiary/aromatic N) is 1. The number of aryl methyl sites for hydroxylation is 1. The number of rotatable bonds is 8. The molecule has 0 aliphatic carbocycles. The third-order valence-electron chi connectivity index (χ3n) is 7.42. The quantitative estimate of drug-likeness (QED) is 0.238. The number of fused-ring (bicyclic) bond motifs is 1. The second-order valence-electron chi connectivity index (χ2n) is 10.3. The Kier molecular flexibility index (Phi) is 9.22. The summed E-state index contributed by atoms with van der Waals surface area (Å²) in [7, 11) is 1.39. The Morgan fingerprint density at radius 1 is 0.953 bits per heavy atom. The van der Waals surface area contributed by atoms with Gasteiger partial charge in [0.1, 0.15) is 18.5 Å². The first kappa shape index (κ1) is 32.0. The standard InChI is InChI=1S/C31H29F6NO5/c1-19(20-6-4-3-5-7-20)28(40)38-17-25(43-24-12-8-21(9-13-24)27(39)18-42-2)14-10-22-16-23(11-15-26(22)38)29(41,30(32,33)34)31(35,36)37/h3-9,11-13,15-16,19,25,41H,10,14,17-18H2,1-2H3. The van der Waals surface area contributed by atoms with Gasteiger partial charge in [-0.2, -0.15) is 26.3 Å². The average molecular weight is 610 g/mol. The highest BCUT2D eigenvalue weighted by molar-refractivity contribution is 5.99. The summed E-state index contributed by atoms with van der Waals surface area (Å²) in [6.45, 7) is 1.47. The Morgan fingerprint density at radius 3 is 2.16 bits per heavy atom. The largest absolute Gasteiger partial charge is 0.489 e. The minimum Gasteiger partial charge on any atom is -0.489 e. The van der Waals surface area contributed by atoms with E-state index in [1.165, 1.54) is 24.1 Å². The zero-order valence-corrected chi connectivity index (χ0v) is 23.2. The number of halogens is 6. The van der Waals surface area contributed by atoms with Gasteiger partial charge in [0, 0.05) is 23.9 Å². The van der Waals surface area contributed by atoms with Gasteiger partial charge in [0.25, 0.3) is 5.60 Å². The van der Waals surface area contributed by atoms with Crippen molar-refractivity contribution < 1.29 is 50.5 Å². The van der Waals surface area contributed by atoms with Crippen molar-refractivity contribution in [1.82, 2.24) is 0 Å². The first-order chi connectivity index (χ1) is 20.2. The van der Waals surface area contributed by atoms with E-state index >= 15 is 0 Å². The van der Waals surface area contributed by atoms with Gasteiger partial charge in [-0.15, -0.1) is 0 Å². The molecule has 0 bridgehead atoms. The Labute approximate surface area is 243 Å². The average Bonchev–Trinajstić information content (AvgIpc) is 3.14. The maximum absolute atomic E-state index is 13.8. The molecular formula is C31H29F6NO5. The Balaban J connectivity index is 1.71. The number of hydrogen-bond donors (Lipinski definition) is 1. The van der Waals surface area contributed by atoms with Crippen LogP contribution in [0.25, 0.3) is 0 Å². The van der Waals surface area contributed by atoms with Crippen molar-refractivity contribution >= 4 is 17.4 Å². The number of Topliss-reactive ketones (excluding diaryl/α,β-unsaturated/α-hetero) is 1. The lowest BCUT2D eigenvalue weighted by Gasteiger charge is -2.34. The van der Waals surface area contributed by atoms with Crippen LogP contribution in [0.1, 0.15) is 46.3 Å². The lowest BCUT2D eigenvalue weighted by atomic mass is 9.89. The fraction of sp³-hybridized carbons (Fsp3) is 0.355. The number of carbonyl (C=O) groups excluding carboxylic acids is 2. The van der Waals surface area contributed by atoms with Crippen LogP contribution >= 0.6 is 0 Å². The molecule has 4 rings (SSSR count). The lowest BCUT2D eigenvalue weighted by molar-refractivity contribution is -0.376. The molecule has 0 fully saturated rings. The number of hydrogen-bond acceptors (Lipinski definition) is 5. The van der Waals surface area contributed by atoms with E-state index in [4.69, 9.17) is 9.47 Å². The van der Waals surface area contributed by atoms with Crippen molar-refractivity contribution in [2.45, 2.75) is 49.7 Å². The van der Waals surface area contributed by atoms with Gasteiger partial charge < -0.3 is 19.5 Å². The fourth-order valence-corrected chi connectivity index (χ4v) is 5.02. The fourth-order valence-electron chi connectivity index (χ4n) is 5.02. The van der Waals surface area contributed by atoms with Gasteiger partial charge in [0.05, 0.1) is 12.5 Å². The van der Waals surface area contributed by atoms with E-state index in [2.05, 4.69) is 0 Å². The number of ether oxygens (including phenoxy) is 2. The van der Waals surface area contributed by atoms with E-state index in [-0.39, 0.29) is 43.0 Å². The third-order valence-corrected chi connectivity index (χ3v) is 7.42. The minimum absolute atomic E-state index is 0.0182. The van der Waals surface area contributed by atoms with Gasteiger partial charge in [-0.1, -0.05) is 42.5 Å². The highest BCUT2D eigenvalue weighted by Crippen LogP contribution is 2.51. The van der Waals surface area contributed by atoms with E-state index in [1.54, 1.807) is 49.4 Å². The van der Waals surface area contributed by atoms with Crippen molar-refractivity contribution in [3.63, 3.8) is 0 Å². The number of anilines is 1. The molecule has 3 aromatic rings. The molecule has 230 valence electrons. The normalized spacial score (nSPS) is 16.7. The van der Waals surface area contributed by atoms with Crippen molar-refractivity contribution in [2.24, 2.45) is 0 Å². The molecule has 1 amide bonds. The highest BCUT2D eigenvalue weighted by Gasteiger charge is 2.71. The summed E-state index contributed by atoms with van der Waals surface area (Å²) >= 11 is 0. The number of methoxy groups -OCH3 is 1. The Hall–Kier alpha value is -3.90. The van der Waals surface area contributed by atoms with Crippen LogP contribution in [-0.2, 0) is 21.6 Å². The van der Waals surface area contributed by atoms with E-state index in [9.17, 15) is 41.0 Å². The van der Waals surface area contributed by atoms with Crippen LogP contribution in [0.2, 0.25) is 0 Å². The lowest BCUT2D eigenvalue weighted by Crippen LogP contribution is -2.54. The number of carbonyl (C=O) groups is 2. The molecule has 1 aliphatic rings. The molecule has 2 unspecified atom stereocenters. The van der Waals surface area contributed by atoms with Gasteiger partial charge in [-0.3, -0.25) is 9.59 Å². The smallest absolute Gasteiger partial charge is 0.430 e. The molecule has 6 nitrogen and oxygen atoms in total. The van der Waals surface area contributed by atoms with E-state index in [0.29, 0.717) is 29.0 Å². The number of benzene rings is 3. The molecule has 2 atom stereocenters. The monoisotopic (exact) mass is 609 g/mol. The van der Waals surface area contributed by atoms with Crippen LogP contribution in [0, 0.1) is 0 Å². The van der Waals surface area contributed by atoms with Crippen molar-refractivity contribution in [1.29, 1.82) is 0 Å². The molecule has 1 aliphatic heterocycles. The van der Waals surface area contributed by atoms with Gasteiger partial charge >= 0.3 is 12.4 Å². The first-order valence-corrected chi connectivity index (χ1v) is 13.3. The summed E-state index contributed by atoms with van der Waals surface area (Å²) in [5.74, 6) is -1.06. The summed E-state index contributed by atoms with van der Waals surface area (Å²) in [6.07, 6.45) is -12.7. The summed E-state index contributed by atoms with van der Waals surface area (Å²) in [5.41, 5.74) is -5.33. The summed E-state index contributed by atoms with van der Waals surface area (Å²) in [5, 5.41) is 9.99. The van der Waals surface area contributed by atoms with Crippen LogP contribution in [0.5, 0.6) is 5.75 Å². The van der Waals surface area contributed by atoms with Gasteiger partial charge in [0.15, 0.2) is 5.78 Å². The SMILES string of the molecule is COCC(=O)c1ccc(OC2CCc3cc(C(O)(C(F)(F)F)C(F)(F)F)ccc3N(C(=O)C(C)c3ccccc3)C2)cc1. The van der Waals surface area contributed by atoms with Crippen LogP contribution < -0.4 is 9.64 Å². The van der Waals surface area contributed by atoms with Crippen LogP contribution in [0.3, 0.4) is 0 Å². The predicted octanol–water partition coefficient (Wildman–Crippen LogP) is 6.36. The zero-order chi connectivity index (χ0) is 31.6. The molecule has 0 saturated carbocycles. The van der Waals surface area contributed by atoms with Crippen LogP contribution in [0.4, 0.5) is 32.0 Å². The molecule has 0 radical (unpaired) electrons. The summed E-state index contributed by atoms with van der Waals surface area (Å²) in [4.78, 5) is 27.2. The topological polar surface area (TPSA) is 76.1 Å². The maximum atomic E-state index is 13.8. The van der Waals surface area contributed by atoms with E-state index in [0.717, 1.165) is 6.07 Å². The molecule has 43 heavy (non-hydrogen) atoms.